The molecule has 0 aliphatic carbocycles. The summed E-state index contributed by atoms with van der Waals surface area (Å²) in [4.78, 5) is 0. The van der Waals surface area contributed by atoms with Crippen molar-refractivity contribution in [2.45, 2.75) is 13.8 Å². The van der Waals surface area contributed by atoms with Gasteiger partial charge in [0.15, 0.2) is 0 Å². The Morgan fingerprint density at radius 3 is 2.38 bits per heavy atom. The second-order valence-corrected chi connectivity index (χ2v) is 5.17. The fourth-order valence-corrected chi connectivity index (χ4v) is 2.20. The zero-order chi connectivity index (χ0) is 15.2. The first-order valence-corrected chi connectivity index (χ1v) is 7.04. The number of aryl methyl sites for hydroxylation is 1. The van der Waals surface area contributed by atoms with E-state index in [-0.39, 0.29) is 0 Å². The highest BCUT2D eigenvalue weighted by molar-refractivity contribution is 5.78. The van der Waals surface area contributed by atoms with Gasteiger partial charge in [-0.05, 0) is 48.3 Å². The number of rotatable bonds is 4. The number of benzene rings is 2. The topological polar surface area (TPSA) is 26.0 Å². The van der Waals surface area contributed by atoms with Crippen molar-refractivity contribution in [1.82, 2.24) is 0 Å². The maximum atomic E-state index is 5.83. The van der Waals surface area contributed by atoms with Crippen LogP contribution in [0.25, 0.3) is 11.1 Å². The van der Waals surface area contributed by atoms with E-state index in [0.717, 1.165) is 16.8 Å². The Hall–Kier alpha value is -2.54. The number of nitrogen functional groups attached to an aromatic ring is 1. The minimum absolute atomic E-state index is 0.784. The highest BCUT2D eigenvalue weighted by Crippen LogP contribution is 2.20. The van der Waals surface area contributed by atoms with Crippen LogP contribution in [0.5, 0.6) is 0 Å². The first-order valence-electron chi connectivity index (χ1n) is 7.04. The molecule has 2 N–H and O–H groups in total. The summed E-state index contributed by atoms with van der Waals surface area (Å²) in [5, 5.41) is 0. The molecule has 0 saturated carbocycles. The average Bonchev–Trinajstić information content (AvgIpc) is 2.48. The molecule has 0 saturated heterocycles. The summed E-state index contributed by atoms with van der Waals surface area (Å²) in [6.45, 7) is 8.10. The van der Waals surface area contributed by atoms with Gasteiger partial charge in [0.1, 0.15) is 0 Å². The fourth-order valence-electron chi connectivity index (χ4n) is 2.20. The first kappa shape index (κ1) is 14.9. The standard InChI is InChI=1S/C20H21N/c1-4-17(19-9-5-7-15(2)13-19)12-11-16(3)18-8-6-10-20(21)14-18/h4-14H,1,21H2,2-3H3/b16-11+,17-12+. The van der Waals surface area contributed by atoms with Crippen LogP contribution in [0.3, 0.4) is 0 Å². The van der Waals surface area contributed by atoms with E-state index in [2.05, 4.69) is 62.9 Å². The highest BCUT2D eigenvalue weighted by Gasteiger charge is 1.98. The van der Waals surface area contributed by atoms with Gasteiger partial charge in [-0.3, -0.25) is 0 Å². The Bertz CT molecular complexity index is 705. The van der Waals surface area contributed by atoms with Crippen LogP contribution in [-0.4, -0.2) is 0 Å². The molecule has 106 valence electrons. The molecule has 0 aliphatic heterocycles. The van der Waals surface area contributed by atoms with Crippen LogP contribution in [0.1, 0.15) is 23.6 Å². The lowest BCUT2D eigenvalue weighted by molar-refractivity contribution is 1.45. The van der Waals surface area contributed by atoms with Crippen molar-refractivity contribution in [2.24, 2.45) is 0 Å². The Kier molecular flexibility index (Phi) is 4.78. The molecule has 0 unspecified atom stereocenters. The van der Waals surface area contributed by atoms with Gasteiger partial charge in [0, 0.05) is 5.69 Å². The Labute approximate surface area is 127 Å². The van der Waals surface area contributed by atoms with Gasteiger partial charge in [0.05, 0.1) is 0 Å². The maximum Gasteiger partial charge on any atom is 0.0320 e. The Morgan fingerprint density at radius 2 is 1.71 bits per heavy atom. The van der Waals surface area contributed by atoms with Crippen LogP contribution >= 0.6 is 0 Å². The van der Waals surface area contributed by atoms with Crippen molar-refractivity contribution in [3.05, 3.63) is 90.0 Å². The fraction of sp³-hybridized carbons (Fsp3) is 0.100. The molecule has 0 radical (unpaired) electrons. The predicted octanol–water partition coefficient (Wildman–Crippen LogP) is 5.25. The molecule has 1 nitrogen and oxygen atoms in total. The van der Waals surface area contributed by atoms with Crippen molar-refractivity contribution in [3.8, 4) is 0 Å². The smallest absolute Gasteiger partial charge is 0.0320 e. The van der Waals surface area contributed by atoms with Gasteiger partial charge in [-0.1, -0.05) is 66.8 Å². The van der Waals surface area contributed by atoms with Gasteiger partial charge < -0.3 is 5.73 Å². The second kappa shape index (κ2) is 6.76. The third-order valence-electron chi connectivity index (χ3n) is 3.43. The Morgan fingerprint density at radius 1 is 1.00 bits per heavy atom. The van der Waals surface area contributed by atoms with Crippen LogP contribution in [-0.2, 0) is 0 Å². The maximum absolute atomic E-state index is 5.83. The third kappa shape index (κ3) is 3.96. The summed E-state index contributed by atoms with van der Waals surface area (Å²) in [6, 6.07) is 16.3. The molecule has 0 spiro atoms. The van der Waals surface area contributed by atoms with Crippen molar-refractivity contribution >= 4 is 16.8 Å². The largest absolute Gasteiger partial charge is 0.399 e. The number of nitrogens with two attached hydrogens (primary N) is 1. The summed E-state index contributed by atoms with van der Waals surface area (Å²) in [5.41, 5.74) is 12.5. The molecule has 2 aromatic rings. The minimum Gasteiger partial charge on any atom is -0.399 e. The zero-order valence-electron chi connectivity index (χ0n) is 12.6. The molecule has 2 aromatic carbocycles. The van der Waals surface area contributed by atoms with Gasteiger partial charge in [0.25, 0.3) is 0 Å². The first-order chi connectivity index (χ1) is 10.1. The van der Waals surface area contributed by atoms with Crippen molar-refractivity contribution in [2.75, 3.05) is 5.73 Å². The molecular weight excluding hydrogens is 254 g/mol. The summed E-state index contributed by atoms with van der Waals surface area (Å²) in [6.07, 6.45) is 6.09. The lowest BCUT2D eigenvalue weighted by Crippen LogP contribution is -1.86. The van der Waals surface area contributed by atoms with E-state index in [1.807, 2.05) is 24.3 Å². The van der Waals surface area contributed by atoms with Gasteiger partial charge in [-0.15, -0.1) is 0 Å². The van der Waals surface area contributed by atoms with E-state index in [1.54, 1.807) is 0 Å². The number of hydrogen-bond donors (Lipinski definition) is 1. The van der Waals surface area contributed by atoms with E-state index in [9.17, 15) is 0 Å². The lowest BCUT2D eigenvalue weighted by atomic mass is 10.0. The van der Waals surface area contributed by atoms with E-state index >= 15 is 0 Å². The molecular formula is C20H21N. The van der Waals surface area contributed by atoms with Crippen LogP contribution in [0, 0.1) is 6.92 Å². The van der Waals surface area contributed by atoms with Crippen LogP contribution < -0.4 is 5.73 Å². The van der Waals surface area contributed by atoms with E-state index in [1.165, 1.54) is 16.7 Å². The SMILES string of the molecule is C=C/C(=C\C=C(/C)c1cccc(N)c1)c1cccc(C)c1. The van der Waals surface area contributed by atoms with Gasteiger partial charge in [-0.2, -0.15) is 0 Å². The lowest BCUT2D eigenvalue weighted by Gasteiger charge is -2.04. The van der Waals surface area contributed by atoms with Crippen molar-refractivity contribution in [1.29, 1.82) is 0 Å². The normalized spacial score (nSPS) is 12.3. The highest BCUT2D eigenvalue weighted by atomic mass is 14.5. The zero-order valence-corrected chi connectivity index (χ0v) is 12.6. The summed E-state index contributed by atoms with van der Waals surface area (Å²) < 4.78 is 0. The quantitative estimate of drug-likeness (QED) is 0.598. The molecule has 0 atom stereocenters. The number of allylic oxidation sites excluding steroid dienone is 5. The second-order valence-electron chi connectivity index (χ2n) is 5.17. The molecule has 0 bridgehead atoms. The van der Waals surface area contributed by atoms with E-state index in [0.29, 0.717) is 0 Å². The van der Waals surface area contributed by atoms with Crippen LogP contribution in [0.2, 0.25) is 0 Å². The minimum atomic E-state index is 0.784. The number of anilines is 1. The number of hydrogen-bond acceptors (Lipinski definition) is 1. The van der Waals surface area contributed by atoms with E-state index < -0.39 is 0 Å². The van der Waals surface area contributed by atoms with Crippen LogP contribution in [0.15, 0.2) is 73.3 Å². The molecule has 0 heterocycles. The molecule has 0 amide bonds. The average molecular weight is 275 g/mol. The molecule has 2 rings (SSSR count). The van der Waals surface area contributed by atoms with Gasteiger partial charge in [0.2, 0.25) is 0 Å². The molecule has 0 aromatic heterocycles. The summed E-state index contributed by atoms with van der Waals surface area (Å²) >= 11 is 0. The van der Waals surface area contributed by atoms with Gasteiger partial charge >= 0.3 is 0 Å². The molecule has 1 heteroatoms. The predicted molar refractivity (Wildman–Crippen MR) is 93.9 cm³/mol. The molecule has 0 fully saturated rings. The van der Waals surface area contributed by atoms with Crippen molar-refractivity contribution in [3.63, 3.8) is 0 Å². The van der Waals surface area contributed by atoms with E-state index in [4.69, 9.17) is 5.73 Å². The summed E-state index contributed by atoms with van der Waals surface area (Å²) in [5.74, 6) is 0. The van der Waals surface area contributed by atoms with Crippen LogP contribution in [0.4, 0.5) is 5.69 Å². The molecule has 21 heavy (non-hydrogen) atoms. The van der Waals surface area contributed by atoms with Gasteiger partial charge in [-0.25, -0.2) is 0 Å². The third-order valence-corrected chi connectivity index (χ3v) is 3.43. The molecule has 0 aliphatic rings. The Balaban J connectivity index is 2.32. The summed E-state index contributed by atoms with van der Waals surface area (Å²) in [7, 11) is 0. The monoisotopic (exact) mass is 275 g/mol. The van der Waals surface area contributed by atoms with Crippen molar-refractivity contribution < 1.29 is 0 Å².